The standard InChI is InChI=1S/C15H12Br3ClO/c1-8-6-13(20-2)10(7-12(8)17)14(18)9-4-3-5-11(16)15(9)19/h3-7,14H,1-2H3. The van der Waals surface area contributed by atoms with E-state index in [1.807, 2.05) is 31.2 Å². The summed E-state index contributed by atoms with van der Waals surface area (Å²) in [6, 6.07) is 9.97. The first-order valence-electron chi connectivity index (χ1n) is 5.87. The molecule has 1 nitrogen and oxygen atoms in total. The highest BCUT2D eigenvalue weighted by molar-refractivity contribution is 9.11. The SMILES string of the molecule is COc1cc(C)c(Br)cc1C(Br)c1cccc(Br)c1Cl. The number of benzene rings is 2. The van der Waals surface area contributed by atoms with E-state index in [0.29, 0.717) is 5.02 Å². The summed E-state index contributed by atoms with van der Waals surface area (Å²) in [6.45, 7) is 2.03. The summed E-state index contributed by atoms with van der Waals surface area (Å²) < 4.78 is 7.41. The Hall–Kier alpha value is -0.0300. The van der Waals surface area contributed by atoms with Crippen LogP contribution in [0.1, 0.15) is 21.5 Å². The van der Waals surface area contributed by atoms with Crippen molar-refractivity contribution in [1.82, 2.24) is 0 Å². The summed E-state index contributed by atoms with van der Waals surface area (Å²) in [7, 11) is 1.68. The van der Waals surface area contributed by atoms with Crippen LogP contribution in [0.3, 0.4) is 0 Å². The topological polar surface area (TPSA) is 9.23 Å². The van der Waals surface area contributed by atoms with Crippen molar-refractivity contribution in [2.45, 2.75) is 11.8 Å². The van der Waals surface area contributed by atoms with Crippen molar-refractivity contribution in [3.8, 4) is 5.75 Å². The number of methoxy groups -OCH3 is 1. The molecule has 0 saturated carbocycles. The zero-order valence-corrected chi connectivity index (χ0v) is 16.4. The largest absolute Gasteiger partial charge is 0.496 e. The molecule has 0 N–H and O–H groups in total. The number of halogens is 4. The van der Waals surface area contributed by atoms with Gasteiger partial charge in [0.1, 0.15) is 5.75 Å². The Labute approximate surface area is 149 Å². The van der Waals surface area contributed by atoms with Gasteiger partial charge in [-0.25, -0.2) is 0 Å². The number of aryl methyl sites for hydroxylation is 1. The monoisotopic (exact) mass is 480 g/mol. The van der Waals surface area contributed by atoms with Crippen molar-refractivity contribution >= 4 is 59.4 Å². The van der Waals surface area contributed by atoms with E-state index in [-0.39, 0.29) is 4.83 Å². The van der Waals surface area contributed by atoms with Crippen molar-refractivity contribution in [2.75, 3.05) is 7.11 Å². The molecule has 0 aliphatic carbocycles. The zero-order chi connectivity index (χ0) is 14.9. The Morgan fingerprint density at radius 2 is 1.80 bits per heavy atom. The summed E-state index contributed by atoms with van der Waals surface area (Å²) in [6.07, 6.45) is 0. The van der Waals surface area contributed by atoms with Crippen molar-refractivity contribution < 1.29 is 4.74 Å². The Bertz CT molecular complexity index is 643. The summed E-state index contributed by atoms with van der Waals surface area (Å²) in [5.74, 6) is 0.837. The lowest BCUT2D eigenvalue weighted by molar-refractivity contribution is 0.410. The van der Waals surface area contributed by atoms with Gasteiger partial charge in [0, 0.05) is 14.5 Å². The lowest BCUT2D eigenvalue weighted by Crippen LogP contribution is -1.99. The van der Waals surface area contributed by atoms with Gasteiger partial charge in [-0.3, -0.25) is 0 Å². The molecule has 0 aliphatic rings. The first kappa shape index (κ1) is 16.3. The number of alkyl halides is 1. The third-order valence-corrected chi connectivity index (χ3v) is 6.19. The minimum atomic E-state index is -0.0423. The van der Waals surface area contributed by atoms with Gasteiger partial charge in [0.2, 0.25) is 0 Å². The molecule has 1 atom stereocenters. The van der Waals surface area contributed by atoms with Crippen LogP contribution in [0.15, 0.2) is 39.3 Å². The smallest absolute Gasteiger partial charge is 0.123 e. The predicted octanol–water partition coefficient (Wildman–Crippen LogP) is 6.67. The number of hydrogen-bond donors (Lipinski definition) is 0. The van der Waals surface area contributed by atoms with Gasteiger partial charge in [-0.05, 0) is 52.2 Å². The maximum Gasteiger partial charge on any atom is 0.123 e. The van der Waals surface area contributed by atoms with Crippen molar-refractivity contribution in [3.05, 3.63) is 61.0 Å². The summed E-state index contributed by atoms with van der Waals surface area (Å²) in [5, 5.41) is 0.702. The van der Waals surface area contributed by atoms with Crippen LogP contribution in [0.5, 0.6) is 5.75 Å². The van der Waals surface area contributed by atoms with Gasteiger partial charge >= 0.3 is 0 Å². The summed E-state index contributed by atoms with van der Waals surface area (Å²) >= 11 is 17.1. The van der Waals surface area contributed by atoms with E-state index in [1.54, 1.807) is 7.11 Å². The van der Waals surface area contributed by atoms with Crippen LogP contribution >= 0.6 is 59.4 Å². The number of hydrogen-bond acceptors (Lipinski definition) is 1. The normalized spacial score (nSPS) is 12.3. The molecule has 0 aliphatic heterocycles. The molecule has 0 bridgehead atoms. The molecule has 20 heavy (non-hydrogen) atoms. The van der Waals surface area contributed by atoms with Crippen LogP contribution in [0.2, 0.25) is 5.02 Å². The Kier molecular flexibility index (Phi) is 5.57. The highest BCUT2D eigenvalue weighted by Gasteiger charge is 2.20. The van der Waals surface area contributed by atoms with E-state index >= 15 is 0 Å². The molecule has 0 radical (unpaired) electrons. The van der Waals surface area contributed by atoms with Crippen molar-refractivity contribution in [1.29, 1.82) is 0 Å². The Morgan fingerprint density at radius 3 is 2.45 bits per heavy atom. The maximum atomic E-state index is 6.38. The second-order valence-electron chi connectivity index (χ2n) is 4.35. The van der Waals surface area contributed by atoms with Crippen LogP contribution in [0, 0.1) is 6.92 Å². The lowest BCUT2D eigenvalue weighted by Gasteiger charge is -2.18. The molecule has 0 aromatic heterocycles. The predicted molar refractivity (Wildman–Crippen MR) is 95.4 cm³/mol. The molecule has 2 aromatic rings. The number of ether oxygens (including phenoxy) is 1. The molecule has 0 saturated heterocycles. The molecular weight excluding hydrogens is 471 g/mol. The van der Waals surface area contributed by atoms with Crippen LogP contribution in [0.25, 0.3) is 0 Å². The van der Waals surface area contributed by atoms with Crippen molar-refractivity contribution in [2.24, 2.45) is 0 Å². The van der Waals surface area contributed by atoms with Gasteiger partial charge in [0.15, 0.2) is 0 Å². The third kappa shape index (κ3) is 3.24. The van der Waals surface area contributed by atoms with Crippen LogP contribution in [-0.2, 0) is 0 Å². The fourth-order valence-corrected chi connectivity index (χ4v) is 3.78. The van der Waals surface area contributed by atoms with E-state index in [9.17, 15) is 0 Å². The molecule has 1 unspecified atom stereocenters. The van der Waals surface area contributed by atoms with E-state index < -0.39 is 0 Å². The Balaban J connectivity index is 2.55. The molecule has 0 fully saturated rings. The van der Waals surface area contributed by atoms with Gasteiger partial charge in [-0.2, -0.15) is 0 Å². The van der Waals surface area contributed by atoms with Crippen LogP contribution < -0.4 is 4.74 Å². The van der Waals surface area contributed by atoms with Crippen molar-refractivity contribution in [3.63, 3.8) is 0 Å². The quantitative estimate of drug-likeness (QED) is 0.444. The highest BCUT2D eigenvalue weighted by atomic mass is 79.9. The molecule has 0 spiro atoms. The van der Waals surface area contributed by atoms with E-state index in [4.69, 9.17) is 16.3 Å². The molecule has 5 heteroatoms. The average molecular weight is 483 g/mol. The third-order valence-electron chi connectivity index (χ3n) is 3.04. The lowest BCUT2D eigenvalue weighted by atomic mass is 10.0. The van der Waals surface area contributed by atoms with Crippen LogP contribution in [-0.4, -0.2) is 7.11 Å². The second kappa shape index (κ2) is 6.82. The average Bonchev–Trinajstić information content (AvgIpc) is 2.43. The fraction of sp³-hybridized carbons (Fsp3) is 0.200. The number of rotatable bonds is 3. The zero-order valence-electron chi connectivity index (χ0n) is 10.9. The Morgan fingerprint density at radius 1 is 1.10 bits per heavy atom. The minimum absolute atomic E-state index is 0.0423. The fourth-order valence-electron chi connectivity index (χ4n) is 1.93. The van der Waals surface area contributed by atoms with E-state index in [2.05, 4.69) is 53.9 Å². The molecule has 2 rings (SSSR count). The van der Waals surface area contributed by atoms with Crippen LogP contribution in [0.4, 0.5) is 0 Å². The highest BCUT2D eigenvalue weighted by Crippen LogP contribution is 2.43. The van der Waals surface area contributed by atoms with E-state index in [0.717, 1.165) is 31.4 Å². The second-order valence-corrected chi connectivity index (χ2v) is 7.35. The first-order valence-corrected chi connectivity index (χ1v) is 8.75. The summed E-state index contributed by atoms with van der Waals surface area (Å²) in [4.78, 5) is -0.0423. The summed E-state index contributed by atoms with van der Waals surface area (Å²) in [5.41, 5.74) is 3.16. The van der Waals surface area contributed by atoms with E-state index in [1.165, 1.54) is 0 Å². The maximum absolute atomic E-state index is 6.38. The molecule has 0 amide bonds. The first-order chi connectivity index (χ1) is 9.45. The van der Waals surface area contributed by atoms with Gasteiger partial charge in [-0.15, -0.1) is 0 Å². The molecular formula is C15H12Br3ClO. The molecule has 0 heterocycles. The van der Waals surface area contributed by atoms with Gasteiger partial charge in [-0.1, -0.05) is 55.6 Å². The minimum Gasteiger partial charge on any atom is -0.496 e. The molecule has 2 aromatic carbocycles. The van der Waals surface area contributed by atoms with Gasteiger partial charge in [0.05, 0.1) is 17.0 Å². The van der Waals surface area contributed by atoms with Gasteiger partial charge < -0.3 is 4.74 Å². The van der Waals surface area contributed by atoms with Gasteiger partial charge in [0.25, 0.3) is 0 Å². The molecule has 106 valence electrons.